The van der Waals surface area contributed by atoms with Crippen LogP contribution < -0.4 is 5.32 Å². The van der Waals surface area contributed by atoms with Gasteiger partial charge < -0.3 is 5.32 Å². The first kappa shape index (κ1) is 10.4. The third-order valence-electron chi connectivity index (χ3n) is 1.47. The molecular weight excluding hydrogens is 215 g/mol. The van der Waals surface area contributed by atoms with Crippen molar-refractivity contribution in [2.75, 3.05) is 5.32 Å². The number of amides is 1. The van der Waals surface area contributed by atoms with Crippen LogP contribution in [0.2, 0.25) is 5.02 Å². The van der Waals surface area contributed by atoms with E-state index >= 15 is 0 Å². The lowest BCUT2D eigenvalue weighted by molar-refractivity contribution is -0.384. The molecule has 1 amide bonds. The Balaban J connectivity index is 3.36. The molecule has 14 heavy (non-hydrogen) atoms. The average Bonchev–Trinajstić information content (AvgIpc) is 2.13. The molecule has 7 heteroatoms. The van der Waals surface area contributed by atoms with Crippen molar-refractivity contribution >= 4 is 29.4 Å². The molecular formula is C7H4ClFN2O3. The van der Waals surface area contributed by atoms with Crippen LogP contribution in [0.25, 0.3) is 0 Å². The molecule has 0 atom stereocenters. The number of nitro benzene ring substituents is 1. The van der Waals surface area contributed by atoms with E-state index in [4.69, 9.17) is 11.6 Å². The summed E-state index contributed by atoms with van der Waals surface area (Å²) in [6.07, 6.45) is 0.188. The molecule has 0 aromatic heterocycles. The fourth-order valence-electron chi connectivity index (χ4n) is 0.889. The number of nitrogens with one attached hydrogen (secondary N) is 1. The molecule has 0 unspecified atom stereocenters. The third kappa shape index (κ3) is 1.80. The number of halogens is 2. The Kier molecular flexibility index (Phi) is 2.98. The zero-order chi connectivity index (χ0) is 10.7. The molecule has 0 aliphatic heterocycles. The second-order valence-corrected chi connectivity index (χ2v) is 2.65. The minimum absolute atomic E-state index is 0.188. The van der Waals surface area contributed by atoms with Gasteiger partial charge in [-0.15, -0.1) is 0 Å². The van der Waals surface area contributed by atoms with Crippen LogP contribution in [0.1, 0.15) is 0 Å². The van der Waals surface area contributed by atoms with Crippen LogP contribution in [0.5, 0.6) is 0 Å². The molecule has 1 aromatic rings. The monoisotopic (exact) mass is 218 g/mol. The smallest absolute Gasteiger partial charge is 0.294 e. The number of hydrogen-bond acceptors (Lipinski definition) is 3. The van der Waals surface area contributed by atoms with Gasteiger partial charge in [0.15, 0.2) is 0 Å². The molecule has 0 bridgehead atoms. The predicted molar refractivity (Wildman–Crippen MR) is 47.8 cm³/mol. The summed E-state index contributed by atoms with van der Waals surface area (Å²) in [5.74, 6) is -0.832. The molecule has 5 nitrogen and oxygen atoms in total. The van der Waals surface area contributed by atoms with E-state index < -0.39 is 21.5 Å². The van der Waals surface area contributed by atoms with Crippen molar-refractivity contribution in [3.63, 3.8) is 0 Å². The van der Waals surface area contributed by atoms with Gasteiger partial charge in [0.05, 0.1) is 4.92 Å². The number of carbonyl (C=O) groups excluding carboxylic acids is 1. The second-order valence-electron chi connectivity index (χ2n) is 2.27. The van der Waals surface area contributed by atoms with Gasteiger partial charge in [-0.25, -0.2) is 4.39 Å². The van der Waals surface area contributed by atoms with Gasteiger partial charge >= 0.3 is 0 Å². The molecule has 74 valence electrons. The zero-order valence-corrected chi connectivity index (χ0v) is 7.42. The van der Waals surface area contributed by atoms with Crippen molar-refractivity contribution in [2.24, 2.45) is 0 Å². The largest absolute Gasteiger partial charge is 0.322 e. The first-order valence-electron chi connectivity index (χ1n) is 3.40. The van der Waals surface area contributed by atoms with E-state index in [-0.39, 0.29) is 12.1 Å². The number of nitro groups is 1. The van der Waals surface area contributed by atoms with Gasteiger partial charge in [0, 0.05) is 6.07 Å². The molecule has 0 aliphatic carbocycles. The van der Waals surface area contributed by atoms with Gasteiger partial charge in [-0.3, -0.25) is 14.9 Å². The molecule has 1 rings (SSSR count). The number of anilines is 1. The van der Waals surface area contributed by atoms with Crippen LogP contribution in [-0.2, 0) is 4.79 Å². The minimum Gasteiger partial charge on any atom is -0.322 e. The van der Waals surface area contributed by atoms with Gasteiger partial charge in [-0.05, 0) is 6.07 Å². The molecule has 0 saturated carbocycles. The summed E-state index contributed by atoms with van der Waals surface area (Å²) in [5.41, 5.74) is -0.796. The maximum atomic E-state index is 12.8. The van der Waals surface area contributed by atoms with Gasteiger partial charge in [-0.1, -0.05) is 11.6 Å². The SMILES string of the molecule is O=CNc1c([N+](=O)[O-])ccc(F)c1Cl. The van der Waals surface area contributed by atoms with Gasteiger partial charge in [-0.2, -0.15) is 0 Å². The summed E-state index contributed by atoms with van der Waals surface area (Å²) < 4.78 is 12.8. The number of rotatable bonds is 3. The van der Waals surface area contributed by atoms with E-state index in [9.17, 15) is 19.3 Å². The number of hydrogen-bond donors (Lipinski definition) is 1. The second kappa shape index (κ2) is 4.01. The van der Waals surface area contributed by atoms with Crippen LogP contribution in [0.4, 0.5) is 15.8 Å². The van der Waals surface area contributed by atoms with Crippen LogP contribution >= 0.6 is 11.6 Å². The zero-order valence-electron chi connectivity index (χ0n) is 6.66. The molecule has 0 heterocycles. The van der Waals surface area contributed by atoms with E-state index in [1.807, 2.05) is 5.32 Å². The van der Waals surface area contributed by atoms with Crippen molar-refractivity contribution < 1.29 is 14.1 Å². The molecule has 1 aromatic carbocycles. The van der Waals surface area contributed by atoms with Crippen LogP contribution in [-0.4, -0.2) is 11.3 Å². The standard InChI is InChI=1S/C7H4ClFN2O3/c8-6-4(9)1-2-5(11(13)14)7(6)10-3-12/h1-3H,(H,10,12). The Morgan fingerprint density at radius 1 is 1.57 bits per heavy atom. The van der Waals surface area contributed by atoms with Gasteiger partial charge in [0.1, 0.15) is 16.5 Å². The summed E-state index contributed by atoms with van der Waals surface area (Å²) in [6.45, 7) is 0. The van der Waals surface area contributed by atoms with Gasteiger partial charge in [0.25, 0.3) is 5.69 Å². The van der Waals surface area contributed by atoms with Gasteiger partial charge in [0.2, 0.25) is 6.41 Å². The van der Waals surface area contributed by atoms with Crippen molar-refractivity contribution in [1.29, 1.82) is 0 Å². The van der Waals surface area contributed by atoms with E-state index in [1.165, 1.54) is 0 Å². The van der Waals surface area contributed by atoms with Crippen molar-refractivity contribution in [3.8, 4) is 0 Å². The number of nitrogens with zero attached hydrogens (tertiary/aromatic N) is 1. The summed E-state index contributed by atoms with van der Waals surface area (Å²) >= 11 is 5.42. The highest BCUT2D eigenvalue weighted by molar-refractivity contribution is 6.34. The number of benzene rings is 1. The Morgan fingerprint density at radius 3 is 2.71 bits per heavy atom. The Morgan fingerprint density at radius 2 is 2.21 bits per heavy atom. The third-order valence-corrected chi connectivity index (χ3v) is 1.84. The molecule has 1 N–H and O–H groups in total. The lowest BCUT2D eigenvalue weighted by Gasteiger charge is -2.03. The van der Waals surface area contributed by atoms with Crippen LogP contribution in [0.3, 0.4) is 0 Å². The number of carbonyl (C=O) groups is 1. The predicted octanol–water partition coefficient (Wildman–Crippen LogP) is 1.96. The topological polar surface area (TPSA) is 72.2 Å². The molecule has 0 spiro atoms. The summed E-state index contributed by atoms with van der Waals surface area (Å²) in [6, 6.07) is 1.78. The summed E-state index contributed by atoms with van der Waals surface area (Å²) in [7, 11) is 0. The quantitative estimate of drug-likeness (QED) is 0.479. The van der Waals surface area contributed by atoms with E-state index in [0.717, 1.165) is 12.1 Å². The summed E-state index contributed by atoms with van der Waals surface area (Å²) in [5, 5.41) is 11.9. The normalized spacial score (nSPS) is 9.57. The van der Waals surface area contributed by atoms with Crippen molar-refractivity contribution in [1.82, 2.24) is 0 Å². The maximum absolute atomic E-state index is 12.8. The van der Waals surface area contributed by atoms with Crippen LogP contribution in [0.15, 0.2) is 12.1 Å². The molecule has 0 aliphatic rings. The first-order chi connectivity index (χ1) is 6.57. The maximum Gasteiger partial charge on any atom is 0.294 e. The first-order valence-corrected chi connectivity index (χ1v) is 3.78. The van der Waals surface area contributed by atoms with E-state index in [1.54, 1.807) is 0 Å². The lowest BCUT2D eigenvalue weighted by atomic mass is 10.2. The highest BCUT2D eigenvalue weighted by Gasteiger charge is 2.19. The fourth-order valence-corrected chi connectivity index (χ4v) is 1.10. The Hall–Kier alpha value is -1.69. The summed E-state index contributed by atoms with van der Waals surface area (Å²) in [4.78, 5) is 19.8. The fraction of sp³-hybridized carbons (Fsp3) is 0. The molecule has 0 radical (unpaired) electrons. The highest BCUT2D eigenvalue weighted by atomic mass is 35.5. The highest BCUT2D eigenvalue weighted by Crippen LogP contribution is 2.33. The lowest BCUT2D eigenvalue weighted by Crippen LogP contribution is -2.01. The molecule has 0 fully saturated rings. The Bertz CT molecular complexity index is 397. The molecule has 0 saturated heterocycles. The minimum atomic E-state index is -0.832. The van der Waals surface area contributed by atoms with Crippen molar-refractivity contribution in [2.45, 2.75) is 0 Å². The van der Waals surface area contributed by atoms with Crippen molar-refractivity contribution in [3.05, 3.63) is 33.1 Å². The average molecular weight is 219 g/mol. The van der Waals surface area contributed by atoms with E-state index in [0.29, 0.717) is 0 Å². The van der Waals surface area contributed by atoms with Crippen LogP contribution in [0, 0.1) is 15.9 Å². The Labute approximate surface area is 82.6 Å². The van der Waals surface area contributed by atoms with E-state index in [2.05, 4.69) is 0 Å².